The Morgan fingerprint density at radius 2 is 1.44 bits per heavy atom. The van der Waals surface area contributed by atoms with Crippen LogP contribution in [-0.2, 0) is 14.3 Å². The van der Waals surface area contributed by atoms with Crippen molar-refractivity contribution in [3.05, 3.63) is 0 Å². The maximum Gasteiger partial charge on any atom is 0.321 e. The molecule has 0 aromatic heterocycles. The average molecular weight is 164 g/mol. The summed E-state index contributed by atoms with van der Waals surface area (Å²) in [5.74, 6) is -0.907. The summed E-state index contributed by atoms with van der Waals surface area (Å²) in [4.78, 5) is 21.0. The Labute approximate surface area is 56.9 Å². The van der Waals surface area contributed by atoms with Crippen molar-refractivity contribution in [1.82, 2.24) is 0 Å². The van der Waals surface area contributed by atoms with Crippen LogP contribution in [0.15, 0.2) is 0 Å². The molecule has 1 aliphatic rings. The number of cyclic esters (lactones) is 2. The molecule has 0 aliphatic carbocycles. The van der Waals surface area contributed by atoms with Gasteiger partial charge in [-0.25, -0.2) is 0 Å². The van der Waals surface area contributed by atoms with Crippen LogP contribution >= 0.6 is 18.5 Å². The third-order valence-electron chi connectivity index (χ3n) is 1.13. The Kier molecular flexibility index (Phi) is 1.83. The smallest absolute Gasteiger partial charge is 0.321 e. The van der Waals surface area contributed by atoms with Crippen LogP contribution in [0.1, 0.15) is 0 Å². The normalized spacial score (nSPS) is 34.9. The molecule has 50 valence electrons. The lowest BCUT2D eigenvalue weighted by Crippen LogP contribution is -2.15. The van der Waals surface area contributed by atoms with E-state index in [0.29, 0.717) is 0 Å². The van der Waals surface area contributed by atoms with Gasteiger partial charge in [0, 0.05) is 0 Å². The SMILES string of the molecule is O=C1OC(=O)C(P)C1P. The third kappa shape index (κ3) is 1.12. The van der Waals surface area contributed by atoms with Gasteiger partial charge < -0.3 is 4.74 Å². The summed E-state index contributed by atoms with van der Waals surface area (Å²) in [6.45, 7) is 0. The zero-order valence-electron chi connectivity index (χ0n) is 4.53. The van der Waals surface area contributed by atoms with E-state index >= 15 is 0 Å². The van der Waals surface area contributed by atoms with E-state index in [1.807, 2.05) is 0 Å². The molecule has 0 aromatic rings. The highest BCUT2D eigenvalue weighted by Gasteiger charge is 2.37. The molecule has 1 heterocycles. The molecule has 0 amide bonds. The Morgan fingerprint density at radius 3 is 1.56 bits per heavy atom. The van der Waals surface area contributed by atoms with Crippen LogP contribution < -0.4 is 0 Å². The molecular weight excluding hydrogens is 158 g/mol. The van der Waals surface area contributed by atoms with E-state index in [9.17, 15) is 9.59 Å². The molecule has 5 heteroatoms. The summed E-state index contributed by atoms with van der Waals surface area (Å²) in [5.41, 5.74) is -0.745. The molecule has 3 nitrogen and oxygen atoms in total. The first-order valence-electron chi connectivity index (χ1n) is 2.39. The first-order valence-corrected chi connectivity index (χ1v) is 3.73. The van der Waals surface area contributed by atoms with E-state index in [1.165, 1.54) is 0 Å². The lowest BCUT2D eigenvalue weighted by atomic mass is 10.3. The Morgan fingerprint density at radius 1 is 1.11 bits per heavy atom. The van der Waals surface area contributed by atoms with Crippen LogP contribution in [-0.4, -0.2) is 23.3 Å². The second-order valence-corrected chi connectivity index (χ2v) is 3.23. The molecule has 0 bridgehead atoms. The van der Waals surface area contributed by atoms with Crippen molar-refractivity contribution in [2.45, 2.75) is 11.3 Å². The molecule has 1 rings (SSSR count). The van der Waals surface area contributed by atoms with Crippen molar-refractivity contribution in [3.8, 4) is 0 Å². The van der Waals surface area contributed by atoms with Crippen molar-refractivity contribution in [3.63, 3.8) is 0 Å². The zero-order chi connectivity index (χ0) is 7.02. The Hall–Kier alpha value is -0.000000000000000111. The number of ether oxygens (including phenoxy) is 1. The fraction of sp³-hybridized carbons (Fsp3) is 0.500. The van der Waals surface area contributed by atoms with Gasteiger partial charge in [0.25, 0.3) is 0 Å². The van der Waals surface area contributed by atoms with Gasteiger partial charge >= 0.3 is 11.9 Å². The predicted octanol–water partition coefficient (Wildman–Crippen LogP) is -0.443. The van der Waals surface area contributed by atoms with E-state index < -0.39 is 11.9 Å². The van der Waals surface area contributed by atoms with Crippen LogP contribution in [0.4, 0.5) is 0 Å². The van der Waals surface area contributed by atoms with Gasteiger partial charge in [-0.15, -0.1) is 18.5 Å². The highest BCUT2D eigenvalue weighted by Crippen LogP contribution is 2.23. The van der Waals surface area contributed by atoms with Crippen LogP contribution in [0.25, 0.3) is 0 Å². The van der Waals surface area contributed by atoms with Gasteiger partial charge in [0.05, 0.1) is 11.3 Å². The highest BCUT2D eigenvalue weighted by atomic mass is 31.0. The van der Waals surface area contributed by atoms with Gasteiger partial charge in [-0.05, 0) is 0 Å². The van der Waals surface area contributed by atoms with Crippen molar-refractivity contribution in [2.24, 2.45) is 0 Å². The van der Waals surface area contributed by atoms with Crippen LogP contribution in [0.3, 0.4) is 0 Å². The van der Waals surface area contributed by atoms with Crippen LogP contribution in [0, 0.1) is 0 Å². The van der Waals surface area contributed by atoms with E-state index in [4.69, 9.17) is 0 Å². The summed E-state index contributed by atoms with van der Waals surface area (Å²) in [7, 11) is 4.52. The van der Waals surface area contributed by atoms with Crippen LogP contribution in [0.2, 0.25) is 0 Å². The van der Waals surface area contributed by atoms with Crippen molar-refractivity contribution >= 4 is 30.4 Å². The number of hydrogen-bond acceptors (Lipinski definition) is 3. The second-order valence-electron chi connectivity index (χ2n) is 1.79. The maximum atomic E-state index is 10.5. The van der Waals surface area contributed by atoms with Gasteiger partial charge in [0.15, 0.2) is 0 Å². The van der Waals surface area contributed by atoms with Crippen molar-refractivity contribution in [1.29, 1.82) is 0 Å². The molecule has 0 aromatic carbocycles. The predicted molar refractivity (Wildman–Crippen MR) is 38.1 cm³/mol. The van der Waals surface area contributed by atoms with Gasteiger partial charge in [0.2, 0.25) is 0 Å². The molecule has 1 fully saturated rings. The zero-order valence-corrected chi connectivity index (χ0v) is 6.84. The van der Waals surface area contributed by atoms with Crippen LogP contribution in [0.5, 0.6) is 0 Å². The second kappa shape index (κ2) is 2.32. The summed E-state index contributed by atoms with van der Waals surface area (Å²) in [5, 5.41) is 0. The lowest BCUT2D eigenvalue weighted by Gasteiger charge is -1.96. The van der Waals surface area contributed by atoms with Gasteiger partial charge in [-0.1, -0.05) is 0 Å². The number of hydrogen-bond donors (Lipinski definition) is 0. The fourth-order valence-electron chi connectivity index (χ4n) is 0.528. The van der Waals surface area contributed by atoms with E-state index in [1.54, 1.807) is 0 Å². The van der Waals surface area contributed by atoms with Gasteiger partial charge in [0.1, 0.15) is 0 Å². The third-order valence-corrected chi connectivity index (χ3v) is 2.95. The quantitative estimate of drug-likeness (QED) is 0.277. The number of rotatable bonds is 0. The number of carbonyl (C=O) groups excluding carboxylic acids is 2. The summed E-state index contributed by atoms with van der Waals surface area (Å²) in [6, 6.07) is 0. The Balaban J connectivity index is 2.77. The highest BCUT2D eigenvalue weighted by molar-refractivity contribution is 7.26. The monoisotopic (exact) mass is 164 g/mol. The van der Waals surface area contributed by atoms with Gasteiger partial charge in [-0.3, -0.25) is 9.59 Å². The van der Waals surface area contributed by atoms with E-state index in [0.717, 1.165) is 0 Å². The first-order chi connectivity index (χ1) is 4.13. The molecule has 0 spiro atoms. The minimum absolute atomic E-state index is 0.373. The fourth-order valence-corrected chi connectivity index (χ4v) is 0.979. The molecule has 9 heavy (non-hydrogen) atoms. The molecule has 1 saturated heterocycles. The average Bonchev–Trinajstić information content (AvgIpc) is 1.98. The minimum Gasteiger partial charge on any atom is -0.392 e. The standard InChI is InChI=1S/C4H6O3P2/c5-3-1(8)2(9)4(6)7-3/h1-2H,8-9H2. The lowest BCUT2D eigenvalue weighted by molar-refractivity contribution is -0.151. The summed E-state index contributed by atoms with van der Waals surface area (Å²) >= 11 is 0. The molecule has 0 N–H and O–H groups in total. The minimum atomic E-state index is -0.454. The molecule has 1 aliphatic heterocycles. The molecule has 4 atom stereocenters. The molecule has 0 radical (unpaired) electrons. The number of carbonyl (C=O) groups is 2. The summed E-state index contributed by atoms with van der Waals surface area (Å²) < 4.78 is 4.27. The molecule has 4 unspecified atom stereocenters. The Bertz CT molecular complexity index is 149. The maximum absolute atomic E-state index is 10.5. The van der Waals surface area contributed by atoms with Gasteiger partial charge in [-0.2, -0.15) is 0 Å². The first kappa shape index (κ1) is 7.11. The largest absolute Gasteiger partial charge is 0.392 e. The number of esters is 2. The topological polar surface area (TPSA) is 43.4 Å². The van der Waals surface area contributed by atoms with E-state index in [2.05, 4.69) is 23.2 Å². The summed E-state index contributed by atoms with van der Waals surface area (Å²) in [6.07, 6.45) is 0. The molecular formula is C4H6O3P2. The van der Waals surface area contributed by atoms with Crippen molar-refractivity contribution in [2.75, 3.05) is 0 Å². The van der Waals surface area contributed by atoms with E-state index in [-0.39, 0.29) is 11.3 Å². The molecule has 0 saturated carbocycles. The van der Waals surface area contributed by atoms with Crippen molar-refractivity contribution < 1.29 is 14.3 Å².